The fraction of sp³-hybridized carbons (Fsp3) is 0. The van der Waals surface area contributed by atoms with Gasteiger partial charge in [0.25, 0.3) is 0 Å². The molecule has 0 unspecified atom stereocenters. The van der Waals surface area contributed by atoms with Crippen molar-refractivity contribution in [1.29, 1.82) is 0 Å². The first-order valence-electron chi connectivity index (χ1n) is 18.9. The summed E-state index contributed by atoms with van der Waals surface area (Å²) in [5.41, 5.74) is 10.5. The Kier molecular flexibility index (Phi) is 7.03. The molecule has 0 N–H and O–H groups in total. The molecule has 0 radical (unpaired) electrons. The molecule has 0 saturated carbocycles. The van der Waals surface area contributed by atoms with Crippen LogP contribution in [0.1, 0.15) is 0 Å². The van der Waals surface area contributed by atoms with Gasteiger partial charge in [0, 0.05) is 52.8 Å². The molecule has 0 amide bonds. The second-order valence-corrected chi connectivity index (χ2v) is 15.3. The van der Waals surface area contributed by atoms with E-state index in [1.54, 1.807) is 0 Å². The van der Waals surface area contributed by atoms with Crippen LogP contribution in [-0.2, 0) is 0 Å². The summed E-state index contributed by atoms with van der Waals surface area (Å²) >= 11 is 1.86. The number of thiophene rings is 1. The molecular formula is C51H29N3O2S. The van der Waals surface area contributed by atoms with Crippen molar-refractivity contribution in [1.82, 2.24) is 15.0 Å². The van der Waals surface area contributed by atoms with Gasteiger partial charge in [0.05, 0.1) is 5.56 Å². The summed E-state index contributed by atoms with van der Waals surface area (Å²) in [6.07, 6.45) is 0. The first-order chi connectivity index (χ1) is 28.2. The van der Waals surface area contributed by atoms with E-state index in [1.165, 1.54) is 36.9 Å². The zero-order chi connectivity index (χ0) is 37.5. The maximum atomic E-state index is 6.74. The summed E-state index contributed by atoms with van der Waals surface area (Å²) in [6.45, 7) is 0. The second kappa shape index (κ2) is 12.6. The molecule has 6 heteroatoms. The Labute approximate surface area is 330 Å². The van der Waals surface area contributed by atoms with Crippen LogP contribution in [0.25, 0.3) is 120 Å². The molecule has 0 spiro atoms. The van der Waals surface area contributed by atoms with Crippen molar-refractivity contribution in [2.45, 2.75) is 0 Å². The molecule has 8 aromatic carbocycles. The second-order valence-electron chi connectivity index (χ2n) is 14.3. The van der Waals surface area contributed by atoms with E-state index in [4.69, 9.17) is 23.8 Å². The fourth-order valence-corrected chi connectivity index (χ4v) is 9.61. The molecule has 266 valence electrons. The highest BCUT2D eigenvalue weighted by Crippen LogP contribution is 2.46. The highest BCUT2D eigenvalue weighted by atomic mass is 32.1. The van der Waals surface area contributed by atoms with Crippen LogP contribution in [0, 0.1) is 0 Å². The zero-order valence-electron chi connectivity index (χ0n) is 30.3. The Morgan fingerprint density at radius 1 is 0.351 bits per heavy atom. The van der Waals surface area contributed by atoms with Crippen LogP contribution in [0.4, 0.5) is 0 Å². The van der Waals surface area contributed by atoms with Gasteiger partial charge in [-0.25, -0.2) is 15.0 Å². The smallest absolute Gasteiger partial charge is 0.167 e. The van der Waals surface area contributed by atoms with Crippen molar-refractivity contribution in [3.8, 4) is 56.4 Å². The third-order valence-electron chi connectivity index (χ3n) is 11.0. The van der Waals surface area contributed by atoms with Gasteiger partial charge in [-0.3, -0.25) is 0 Å². The lowest BCUT2D eigenvalue weighted by molar-refractivity contribution is 0.668. The number of furan rings is 2. The number of hydrogen-bond donors (Lipinski definition) is 0. The molecule has 5 nitrogen and oxygen atoms in total. The van der Waals surface area contributed by atoms with E-state index in [0.29, 0.717) is 17.5 Å². The SMILES string of the molecule is c1ccc(-c2nc(-c3cccc4c3oc3ccc(-c5ccc(-c6ccccc6)c6sc7ccccc7c56)cc34)nc(-c3cccc4oc5ccccc5c34)n2)cc1. The minimum absolute atomic E-state index is 0.538. The summed E-state index contributed by atoms with van der Waals surface area (Å²) in [5, 5.41) is 6.58. The summed E-state index contributed by atoms with van der Waals surface area (Å²) in [6, 6.07) is 60.9. The standard InChI is InChI=1S/C51H29N3O2S/c1-3-13-30(14-4-1)34-27-26-33(46-37-18-8-10-24-44(37)57-48(34)46)32-25-28-42-40(29-32)35-19-11-21-39(47(35)56-42)51-53-49(31-15-5-2-6-16-31)52-50(54-51)38-20-12-23-43-45(38)36-17-7-9-22-41(36)55-43/h1-29H. The van der Waals surface area contributed by atoms with Gasteiger partial charge < -0.3 is 8.83 Å². The number of para-hydroxylation sites is 2. The average molecular weight is 748 g/mol. The van der Waals surface area contributed by atoms with Crippen LogP contribution < -0.4 is 0 Å². The number of fused-ring (bicyclic) bond motifs is 9. The average Bonchev–Trinajstić information content (AvgIpc) is 3.98. The molecule has 4 aromatic heterocycles. The quantitative estimate of drug-likeness (QED) is 0.175. The predicted octanol–water partition coefficient (Wildman–Crippen LogP) is 14.4. The fourth-order valence-electron chi connectivity index (χ4n) is 8.35. The molecule has 0 aliphatic heterocycles. The number of aromatic nitrogens is 3. The van der Waals surface area contributed by atoms with Crippen LogP contribution in [0.2, 0.25) is 0 Å². The lowest BCUT2D eigenvalue weighted by atomic mass is 9.94. The van der Waals surface area contributed by atoms with E-state index in [-0.39, 0.29) is 0 Å². The minimum Gasteiger partial charge on any atom is -0.456 e. The summed E-state index contributed by atoms with van der Waals surface area (Å²) in [5.74, 6) is 1.69. The zero-order valence-corrected chi connectivity index (χ0v) is 31.1. The molecule has 0 fully saturated rings. The van der Waals surface area contributed by atoms with Crippen molar-refractivity contribution in [2.24, 2.45) is 0 Å². The molecule has 0 saturated heterocycles. The van der Waals surface area contributed by atoms with Crippen LogP contribution in [0.3, 0.4) is 0 Å². The summed E-state index contributed by atoms with van der Waals surface area (Å²) < 4.78 is 15.6. The molecule has 4 heterocycles. The third kappa shape index (κ3) is 5.04. The van der Waals surface area contributed by atoms with E-state index < -0.39 is 0 Å². The maximum absolute atomic E-state index is 6.74. The number of nitrogens with zero attached hydrogens (tertiary/aromatic N) is 3. The van der Waals surface area contributed by atoms with Crippen molar-refractivity contribution >= 4 is 75.4 Å². The van der Waals surface area contributed by atoms with Crippen molar-refractivity contribution < 1.29 is 8.83 Å². The normalized spacial score (nSPS) is 11.9. The van der Waals surface area contributed by atoms with Crippen LogP contribution in [0.15, 0.2) is 185 Å². The van der Waals surface area contributed by atoms with Crippen molar-refractivity contribution in [3.05, 3.63) is 176 Å². The number of benzene rings is 8. The minimum atomic E-state index is 0.538. The Morgan fingerprint density at radius 2 is 0.982 bits per heavy atom. The Balaban J connectivity index is 1.06. The van der Waals surface area contributed by atoms with Crippen molar-refractivity contribution in [2.75, 3.05) is 0 Å². The largest absolute Gasteiger partial charge is 0.456 e. The topological polar surface area (TPSA) is 65.0 Å². The first kappa shape index (κ1) is 31.9. The Hall–Kier alpha value is -7.41. The van der Waals surface area contributed by atoms with Crippen LogP contribution in [-0.4, -0.2) is 15.0 Å². The molecule has 12 rings (SSSR count). The third-order valence-corrected chi connectivity index (χ3v) is 12.2. The number of rotatable bonds is 5. The lowest BCUT2D eigenvalue weighted by Gasteiger charge is -2.10. The predicted molar refractivity (Wildman–Crippen MR) is 234 cm³/mol. The molecule has 12 aromatic rings. The lowest BCUT2D eigenvalue weighted by Crippen LogP contribution is -2.00. The van der Waals surface area contributed by atoms with Gasteiger partial charge in [-0.1, -0.05) is 140 Å². The van der Waals surface area contributed by atoms with E-state index in [1.807, 2.05) is 78.1 Å². The van der Waals surface area contributed by atoms with Gasteiger partial charge in [-0.05, 0) is 58.7 Å². The molecule has 0 atom stereocenters. The highest BCUT2D eigenvalue weighted by Gasteiger charge is 2.21. The van der Waals surface area contributed by atoms with E-state index in [0.717, 1.165) is 66.1 Å². The first-order valence-corrected chi connectivity index (χ1v) is 19.7. The Bertz CT molecular complexity index is 3530. The van der Waals surface area contributed by atoms with Crippen LogP contribution >= 0.6 is 11.3 Å². The van der Waals surface area contributed by atoms with Crippen LogP contribution in [0.5, 0.6) is 0 Å². The van der Waals surface area contributed by atoms with Gasteiger partial charge in [0.15, 0.2) is 17.5 Å². The van der Waals surface area contributed by atoms with E-state index in [2.05, 4.69) is 109 Å². The monoisotopic (exact) mass is 747 g/mol. The molecule has 0 aliphatic carbocycles. The molecule has 0 aliphatic rings. The summed E-state index contributed by atoms with van der Waals surface area (Å²) in [7, 11) is 0. The molecular weight excluding hydrogens is 719 g/mol. The van der Waals surface area contributed by atoms with Gasteiger partial charge in [0.2, 0.25) is 0 Å². The van der Waals surface area contributed by atoms with Gasteiger partial charge in [-0.2, -0.15) is 0 Å². The van der Waals surface area contributed by atoms with E-state index >= 15 is 0 Å². The van der Waals surface area contributed by atoms with Gasteiger partial charge in [-0.15, -0.1) is 11.3 Å². The van der Waals surface area contributed by atoms with E-state index in [9.17, 15) is 0 Å². The maximum Gasteiger partial charge on any atom is 0.167 e. The van der Waals surface area contributed by atoms with Gasteiger partial charge >= 0.3 is 0 Å². The molecule has 0 bridgehead atoms. The summed E-state index contributed by atoms with van der Waals surface area (Å²) in [4.78, 5) is 15.4. The molecule has 57 heavy (non-hydrogen) atoms. The Morgan fingerprint density at radius 3 is 1.84 bits per heavy atom. The van der Waals surface area contributed by atoms with Crippen molar-refractivity contribution in [3.63, 3.8) is 0 Å². The van der Waals surface area contributed by atoms with Gasteiger partial charge in [0.1, 0.15) is 22.3 Å². The highest BCUT2D eigenvalue weighted by molar-refractivity contribution is 7.26. The number of hydrogen-bond acceptors (Lipinski definition) is 6.